The quantitative estimate of drug-likeness (QED) is 0.269. The van der Waals surface area contributed by atoms with Gasteiger partial charge in [0.1, 0.15) is 34.7 Å². The number of methoxy groups -OCH3 is 2. The number of Topliss-reactive ketones (excluding diaryl/α,β-unsaturated/α-hetero) is 1. The third-order valence-corrected chi connectivity index (χ3v) is 7.68. The highest BCUT2D eigenvalue weighted by Gasteiger charge is 2.57. The monoisotopic (exact) mass is 553 g/mol. The molecule has 0 fully saturated rings. The van der Waals surface area contributed by atoms with E-state index in [0.717, 1.165) is 0 Å². The number of carbonyl (C=O) groups is 1. The van der Waals surface area contributed by atoms with Crippen molar-refractivity contribution in [3.8, 4) is 23.3 Å². The lowest BCUT2D eigenvalue weighted by atomic mass is 9.71. The van der Waals surface area contributed by atoms with E-state index in [2.05, 4.69) is 6.07 Å². The van der Waals surface area contributed by atoms with Crippen LogP contribution in [-0.2, 0) is 10.0 Å². The van der Waals surface area contributed by atoms with E-state index < -0.39 is 31.8 Å². The van der Waals surface area contributed by atoms with Crippen LogP contribution >= 0.6 is 11.6 Å². The summed E-state index contributed by atoms with van der Waals surface area (Å²) in [7, 11) is 0.811. The molecule has 38 heavy (non-hydrogen) atoms. The van der Waals surface area contributed by atoms with Crippen molar-refractivity contribution in [1.29, 1.82) is 5.26 Å². The van der Waals surface area contributed by atoms with Crippen LogP contribution in [0.1, 0.15) is 33.8 Å². The van der Waals surface area contributed by atoms with E-state index in [1.165, 1.54) is 26.4 Å². The van der Waals surface area contributed by atoms with Crippen molar-refractivity contribution in [2.75, 3.05) is 14.2 Å². The second-order valence-electron chi connectivity index (χ2n) is 10.1. The van der Waals surface area contributed by atoms with Gasteiger partial charge in [0, 0.05) is 28.6 Å². The molecule has 0 spiro atoms. The number of nitrogens with zero attached hydrogens (tertiary/aromatic N) is 1. The van der Waals surface area contributed by atoms with Crippen LogP contribution < -0.4 is 14.2 Å². The number of benzene rings is 3. The topological polar surface area (TPSA) is 77.8 Å². The number of ketones is 1. The van der Waals surface area contributed by atoms with Crippen molar-refractivity contribution in [3.63, 3.8) is 0 Å². The predicted molar refractivity (Wildman–Crippen MR) is 145 cm³/mol. The summed E-state index contributed by atoms with van der Waals surface area (Å²) >= 11 is 6.20. The van der Waals surface area contributed by atoms with Crippen LogP contribution in [0.2, 0.25) is 24.7 Å². The Bertz CT molecular complexity index is 1390. The molecule has 0 N–H and O–H groups in total. The van der Waals surface area contributed by atoms with Crippen molar-refractivity contribution in [2.24, 2.45) is 0 Å². The molecule has 0 aromatic heterocycles. The smallest absolute Gasteiger partial charge is 0.219 e. The Morgan fingerprint density at radius 2 is 1.79 bits per heavy atom. The SMILES string of the molecule is COc1cc(OC)c2c(c1)O[C@](c1ccc(Cl)cc1)(C(CC(C#N)O[Si](C)(C)C)c1cccc(F)c1)C2=O. The van der Waals surface area contributed by atoms with Gasteiger partial charge in [-0.1, -0.05) is 35.9 Å². The van der Waals surface area contributed by atoms with E-state index in [-0.39, 0.29) is 29.3 Å². The lowest BCUT2D eigenvalue weighted by Crippen LogP contribution is -2.45. The summed E-state index contributed by atoms with van der Waals surface area (Å²) in [4.78, 5) is 14.6. The molecule has 9 heteroatoms. The summed E-state index contributed by atoms with van der Waals surface area (Å²) in [5, 5.41) is 10.5. The van der Waals surface area contributed by atoms with Crippen LogP contribution in [0.15, 0.2) is 60.7 Å². The lowest BCUT2D eigenvalue weighted by Gasteiger charge is -2.38. The molecule has 6 nitrogen and oxygen atoms in total. The van der Waals surface area contributed by atoms with Gasteiger partial charge in [0.25, 0.3) is 0 Å². The van der Waals surface area contributed by atoms with Crippen molar-refractivity contribution >= 4 is 25.7 Å². The van der Waals surface area contributed by atoms with Crippen LogP contribution in [0, 0.1) is 17.1 Å². The zero-order valence-corrected chi connectivity index (χ0v) is 23.6. The summed E-state index contributed by atoms with van der Waals surface area (Å²) in [6.45, 7) is 5.94. The Balaban J connectivity index is 1.99. The van der Waals surface area contributed by atoms with Crippen LogP contribution in [0.3, 0.4) is 0 Å². The normalized spacial score (nSPS) is 18.2. The summed E-state index contributed by atoms with van der Waals surface area (Å²) in [6.07, 6.45) is -0.790. The van der Waals surface area contributed by atoms with Gasteiger partial charge in [-0.2, -0.15) is 5.26 Å². The number of halogens is 2. The molecule has 1 aliphatic heterocycles. The van der Waals surface area contributed by atoms with Gasteiger partial charge in [-0.25, -0.2) is 4.39 Å². The highest BCUT2D eigenvalue weighted by atomic mass is 35.5. The zero-order valence-electron chi connectivity index (χ0n) is 21.9. The molecule has 0 amide bonds. The Morgan fingerprint density at radius 3 is 2.37 bits per heavy atom. The Kier molecular flexibility index (Phi) is 7.84. The number of hydrogen-bond acceptors (Lipinski definition) is 6. The minimum Gasteiger partial charge on any atom is -0.496 e. The highest BCUT2D eigenvalue weighted by Crippen LogP contribution is 2.54. The third kappa shape index (κ3) is 5.28. The number of fused-ring (bicyclic) bond motifs is 1. The highest BCUT2D eigenvalue weighted by molar-refractivity contribution is 6.69. The van der Waals surface area contributed by atoms with Crippen LogP contribution in [0.25, 0.3) is 0 Å². The first kappa shape index (κ1) is 27.6. The number of ether oxygens (including phenoxy) is 3. The largest absolute Gasteiger partial charge is 0.496 e. The lowest BCUT2D eigenvalue weighted by molar-refractivity contribution is 0.0344. The van der Waals surface area contributed by atoms with Gasteiger partial charge in [0.05, 0.1) is 20.3 Å². The number of nitriles is 1. The fourth-order valence-corrected chi connectivity index (χ4v) is 6.03. The van der Waals surface area contributed by atoms with Crippen molar-refractivity contribution in [3.05, 3.63) is 88.2 Å². The predicted octanol–water partition coefficient (Wildman–Crippen LogP) is 6.88. The Labute approximate surface area is 228 Å². The molecule has 3 atom stereocenters. The van der Waals surface area contributed by atoms with Crippen molar-refractivity contribution in [1.82, 2.24) is 0 Å². The number of rotatable bonds is 9. The molecule has 1 heterocycles. The van der Waals surface area contributed by atoms with E-state index in [0.29, 0.717) is 21.9 Å². The van der Waals surface area contributed by atoms with Gasteiger partial charge in [-0.15, -0.1) is 0 Å². The molecule has 0 bridgehead atoms. The van der Waals surface area contributed by atoms with E-state index in [9.17, 15) is 14.4 Å². The first-order valence-electron chi connectivity index (χ1n) is 12.1. The van der Waals surface area contributed by atoms with E-state index >= 15 is 0 Å². The first-order valence-corrected chi connectivity index (χ1v) is 15.9. The van der Waals surface area contributed by atoms with Gasteiger partial charge < -0.3 is 18.6 Å². The summed E-state index contributed by atoms with van der Waals surface area (Å²) in [5.41, 5.74) is -0.433. The summed E-state index contributed by atoms with van der Waals surface area (Å²) in [5.74, 6) is -0.667. The fraction of sp³-hybridized carbons (Fsp3) is 0.310. The standard InChI is InChI=1S/C29H29ClFNO5Si/c1-34-22-15-25(35-2)27-26(16-22)36-29(28(27)33,19-9-11-20(30)12-10-19)24(18-7-6-8-21(31)13-18)14-23(17-32)37-38(3,4)5/h6-13,15-16,23-24H,14H2,1-5H3/t23?,24?,29-/m1/s1. The minimum absolute atomic E-state index is 0.0754. The van der Waals surface area contributed by atoms with Gasteiger partial charge in [0.15, 0.2) is 8.32 Å². The molecule has 4 rings (SSSR count). The maximum atomic E-state index is 14.6. The second kappa shape index (κ2) is 10.8. The number of carbonyl (C=O) groups excluding carboxylic acids is 1. The first-order chi connectivity index (χ1) is 18.0. The molecule has 3 aromatic carbocycles. The molecule has 198 valence electrons. The fourth-order valence-electron chi connectivity index (χ4n) is 4.90. The van der Waals surface area contributed by atoms with Crippen LogP contribution in [0.4, 0.5) is 4.39 Å². The van der Waals surface area contributed by atoms with Crippen LogP contribution in [-0.4, -0.2) is 34.4 Å². The van der Waals surface area contributed by atoms with Gasteiger partial charge in [-0.3, -0.25) is 4.79 Å². The maximum Gasteiger partial charge on any atom is 0.219 e. The maximum absolute atomic E-state index is 14.6. The summed E-state index contributed by atoms with van der Waals surface area (Å²) in [6, 6.07) is 18.2. The third-order valence-electron chi connectivity index (χ3n) is 6.43. The average Bonchev–Trinajstić information content (AvgIpc) is 3.18. The Hall–Kier alpha value is -3.38. The van der Waals surface area contributed by atoms with Crippen molar-refractivity contribution in [2.45, 2.75) is 43.7 Å². The summed E-state index contributed by atoms with van der Waals surface area (Å²) < 4.78 is 38.4. The molecule has 3 aromatic rings. The van der Waals surface area contributed by atoms with E-state index in [4.69, 9.17) is 30.2 Å². The van der Waals surface area contributed by atoms with Gasteiger partial charge in [0.2, 0.25) is 11.4 Å². The average molecular weight is 554 g/mol. The van der Waals surface area contributed by atoms with E-state index in [1.807, 2.05) is 19.6 Å². The van der Waals surface area contributed by atoms with Crippen molar-refractivity contribution < 1.29 is 27.8 Å². The second-order valence-corrected chi connectivity index (χ2v) is 15.0. The molecular formula is C29H29ClFNO5Si. The zero-order chi connectivity index (χ0) is 27.7. The van der Waals surface area contributed by atoms with Gasteiger partial charge >= 0.3 is 0 Å². The molecule has 0 saturated carbocycles. The Morgan fingerprint density at radius 1 is 1.08 bits per heavy atom. The van der Waals surface area contributed by atoms with E-state index in [1.54, 1.807) is 48.5 Å². The molecule has 0 radical (unpaired) electrons. The molecule has 0 aliphatic carbocycles. The molecule has 0 saturated heterocycles. The van der Waals surface area contributed by atoms with Gasteiger partial charge in [-0.05, 0) is 55.9 Å². The number of hydrogen-bond donors (Lipinski definition) is 0. The minimum atomic E-state index is -2.15. The van der Waals surface area contributed by atoms with Crippen LogP contribution in [0.5, 0.6) is 17.2 Å². The molecule has 1 aliphatic rings. The molecular weight excluding hydrogens is 525 g/mol. The molecule has 2 unspecified atom stereocenters.